The molecule has 3 aromatic heterocycles. The molecule has 117 heavy (non-hydrogen) atoms. The summed E-state index contributed by atoms with van der Waals surface area (Å²) in [6.07, 6.45) is 8.36. The smallest absolute Gasteiger partial charge is 0.0709 e. The summed E-state index contributed by atoms with van der Waals surface area (Å²) in [5.74, 6) is 0. The molecule has 0 bridgehead atoms. The van der Waals surface area contributed by atoms with Crippen LogP contribution in [-0.2, 0) is 0 Å². The SMILES string of the molecule is CC.CC.CC.CC.CC.CC.CC.CC.CC.c1cc2ccc3cccc4ccc(c1)c2c34.c1cc2cccc3c4cccc5cccc(c(c1)c23)c54.c1ccc(N(c2ccccc2)c2ccccc2)cc1.c1ccc2c(c1)ccc1ccccc12.c1ccc2nc3ccccc3cc2c1.c1ccc2ncccc2c1.c1cnccn1. The largest absolute Gasteiger partial charge is 0.311 e. The highest BCUT2D eigenvalue weighted by molar-refractivity contribution is 6.33. The minimum absolute atomic E-state index is 1.06. The molecule has 0 fully saturated rings. The molecule has 594 valence electrons. The summed E-state index contributed by atoms with van der Waals surface area (Å²) < 4.78 is 0. The first-order chi connectivity index (χ1) is 58.2. The van der Waals surface area contributed by atoms with Crippen LogP contribution in [0, 0.1) is 0 Å². The summed E-state index contributed by atoms with van der Waals surface area (Å²) in [4.78, 5) is 18.5. The van der Waals surface area contributed by atoms with Gasteiger partial charge in [-0.25, -0.2) is 4.98 Å². The van der Waals surface area contributed by atoms with Gasteiger partial charge in [-0.2, -0.15) is 0 Å². The number of aromatic nitrogens is 4. The van der Waals surface area contributed by atoms with Gasteiger partial charge in [0.15, 0.2) is 0 Å². The second-order valence-electron chi connectivity index (χ2n) is 24.0. The van der Waals surface area contributed by atoms with Crippen molar-refractivity contribution in [3.05, 3.63) is 407 Å². The van der Waals surface area contributed by atoms with E-state index >= 15 is 0 Å². The number of pyridine rings is 2. The first-order valence-corrected chi connectivity index (χ1v) is 42.4. The molecule has 18 aromatic carbocycles. The molecule has 0 N–H and O–H groups in total. The first-order valence-electron chi connectivity index (χ1n) is 42.4. The number of para-hydroxylation sites is 6. The third-order valence-corrected chi connectivity index (χ3v) is 17.9. The molecule has 0 amide bonds. The Morgan fingerprint density at radius 1 is 0.162 bits per heavy atom. The van der Waals surface area contributed by atoms with Crippen LogP contribution in [0.25, 0.3) is 130 Å². The van der Waals surface area contributed by atoms with Crippen molar-refractivity contribution < 1.29 is 0 Å². The molecular weight excluding hydrogens is 1420 g/mol. The quantitative estimate of drug-likeness (QED) is 0.130. The molecule has 0 saturated heterocycles. The lowest BCUT2D eigenvalue weighted by Crippen LogP contribution is -2.09. The Balaban J connectivity index is 0.000000208. The Hall–Kier alpha value is -13.2. The Bertz CT molecular complexity index is 5530. The van der Waals surface area contributed by atoms with Crippen LogP contribution in [0.4, 0.5) is 17.1 Å². The Morgan fingerprint density at radius 3 is 0.709 bits per heavy atom. The summed E-state index contributed by atoms with van der Waals surface area (Å²) in [5.41, 5.74) is 6.68. The van der Waals surface area contributed by atoms with E-state index in [0.29, 0.717) is 0 Å². The van der Waals surface area contributed by atoms with Gasteiger partial charge in [0.25, 0.3) is 0 Å². The highest BCUT2D eigenvalue weighted by Crippen LogP contribution is 2.41. The van der Waals surface area contributed by atoms with Crippen molar-refractivity contribution >= 4 is 147 Å². The summed E-state index contributed by atoms with van der Waals surface area (Å²) >= 11 is 0. The Morgan fingerprint density at radius 2 is 0.393 bits per heavy atom. The Labute approximate surface area is 698 Å². The lowest BCUT2D eigenvalue weighted by Gasteiger charge is -2.25. The summed E-state index contributed by atoms with van der Waals surface area (Å²) in [6.45, 7) is 36.0. The predicted molar refractivity (Wildman–Crippen MR) is 526 cm³/mol. The fourth-order valence-corrected chi connectivity index (χ4v) is 13.4. The van der Waals surface area contributed by atoms with E-state index in [4.69, 9.17) is 0 Å². The van der Waals surface area contributed by atoms with E-state index in [1.807, 2.05) is 210 Å². The van der Waals surface area contributed by atoms with Crippen LogP contribution in [0.3, 0.4) is 0 Å². The zero-order valence-electron chi connectivity index (χ0n) is 72.4. The van der Waals surface area contributed by atoms with E-state index in [1.54, 1.807) is 24.8 Å². The lowest BCUT2D eigenvalue weighted by molar-refractivity contribution is 1.20. The maximum absolute atomic E-state index is 4.58. The van der Waals surface area contributed by atoms with Crippen molar-refractivity contribution in [3.8, 4) is 0 Å². The van der Waals surface area contributed by atoms with Crippen molar-refractivity contribution in [2.24, 2.45) is 0 Å². The molecule has 0 aliphatic heterocycles. The second kappa shape index (κ2) is 53.0. The third-order valence-electron chi connectivity index (χ3n) is 17.9. The maximum atomic E-state index is 4.58. The minimum Gasteiger partial charge on any atom is -0.311 e. The van der Waals surface area contributed by atoms with Crippen molar-refractivity contribution in [2.75, 3.05) is 4.90 Å². The van der Waals surface area contributed by atoms with Crippen LogP contribution < -0.4 is 4.90 Å². The minimum atomic E-state index is 1.06. The van der Waals surface area contributed by atoms with Crippen LogP contribution in [-0.4, -0.2) is 19.9 Å². The maximum Gasteiger partial charge on any atom is 0.0709 e. The average molecular weight is 1540 g/mol. The van der Waals surface area contributed by atoms with Gasteiger partial charge in [0.05, 0.1) is 16.6 Å². The molecule has 0 aliphatic rings. The number of rotatable bonds is 3. The van der Waals surface area contributed by atoms with Gasteiger partial charge in [-0.1, -0.05) is 434 Å². The van der Waals surface area contributed by atoms with Gasteiger partial charge in [-0.05, 0) is 164 Å². The van der Waals surface area contributed by atoms with E-state index in [2.05, 4.69) is 322 Å². The first kappa shape index (κ1) is 92.6. The number of hydrogen-bond acceptors (Lipinski definition) is 5. The van der Waals surface area contributed by atoms with E-state index < -0.39 is 0 Å². The van der Waals surface area contributed by atoms with Crippen molar-refractivity contribution in [1.29, 1.82) is 0 Å². The van der Waals surface area contributed by atoms with E-state index in [0.717, 1.165) is 16.6 Å². The zero-order valence-corrected chi connectivity index (χ0v) is 72.4. The number of anilines is 3. The van der Waals surface area contributed by atoms with Crippen LogP contribution >= 0.6 is 0 Å². The van der Waals surface area contributed by atoms with Crippen LogP contribution in [0.15, 0.2) is 407 Å². The standard InChI is InChI=1S/C20H12.C18H15N.C16H10.C14H10.C13H9N.C9H7N.C4H4N2.9C2H6/c1-5-13-6-2-11-17-18-12-4-8-14-7-3-10-16(20(14)18)15(9-1)19(13)17;1-4-10-16(11-5-1)19(17-12-6-2-7-13-17)18-14-8-3-9-15-18;1-3-11-7-9-13-5-2-6-14-10-8-12(4-1)15(11)16(13)14;1-3-7-13-11(5-1)9-10-12-6-2-4-8-14(12)13;1-3-7-12-10(5-1)9-11-6-2-4-8-13(11)14-12;1-2-6-9-8(4-1)5-3-7-10-9;1-2-6-4-3-5-1;9*1-2/h1-12H;1-15H;1-10H;1-10H;1-9H;1-7H;1-4H;9*1-2H3. The molecule has 0 aliphatic carbocycles. The number of benzene rings is 18. The zero-order chi connectivity index (χ0) is 84.4. The predicted octanol–water partition coefficient (Wildman–Crippen LogP) is 34.8. The molecule has 21 aromatic rings. The van der Waals surface area contributed by atoms with E-state index in [9.17, 15) is 0 Å². The highest BCUT2D eigenvalue weighted by atomic mass is 15.1. The van der Waals surface area contributed by atoms with Crippen LogP contribution in [0.5, 0.6) is 0 Å². The molecule has 0 atom stereocenters. The topological polar surface area (TPSA) is 54.8 Å². The molecule has 0 saturated carbocycles. The van der Waals surface area contributed by atoms with Crippen LogP contribution in [0.1, 0.15) is 125 Å². The summed E-state index contributed by atoms with van der Waals surface area (Å²) in [5, 5.41) is 27.9. The molecule has 5 heteroatoms. The normalized spacial score (nSPS) is 9.62. The average Bonchev–Trinajstić information content (AvgIpc) is 0.728. The molecular formula is C112H121N5. The molecule has 5 nitrogen and oxygen atoms in total. The Kier molecular flexibility index (Phi) is 41.9. The van der Waals surface area contributed by atoms with E-state index in [-0.39, 0.29) is 0 Å². The second-order valence-corrected chi connectivity index (χ2v) is 24.0. The number of nitrogens with zero attached hydrogens (tertiary/aromatic N) is 5. The number of fused-ring (bicyclic) bond motifs is 8. The molecule has 21 rings (SSSR count). The van der Waals surface area contributed by atoms with Crippen molar-refractivity contribution in [1.82, 2.24) is 19.9 Å². The fourth-order valence-electron chi connectivity index (χ4n) is 13.4. The summed E-state index contributed by atoms with van der Waals surface area (Å²) in [6, 6.07) is 132. The van der Waals surface area contributed by atoms with Gasteiger partial charge in [0.1, 0.15) is 0 Å². The lowest BCUT2D eigenvalue weighted by atomic mass is 9.90. The summed E-state index contributed by atoms with van der Waals surface area (Å²) in [7, 11) is 0. The number of hydrogen-bond donors (Lipinski definition) is 0. The van der Waals surface area contributed by atoms with Gasteiger partial charge < -0.3 is 4.90 Å². The van der Waals surface area contributed by atoms with Gasteiger partial charge in [-0.3, -0.25) is 15.0 Å². The monoisotopic (exact) mass is 1540 g/mol. The van der Waals surface area contributed by atoms with Gasteiger partial charge in [0, 0.05) is 64.2 Å². The third kappa shape index (κ3) is 24.7. The van der Waals surface area contributed by atoms with Crippen LogP contribution in [0.2, 0.25) is 0 Å². The van der Waals surface area contributed by atoms with Gasteiger partial charge in [0.2, 0.25) is 0 Å². The molecule has 0 radical (unpaired) electrons. The van der Waals surface area contributed by atoms with Crippen molar-refractivity contribution in [2.45, 2.75) is 125 Å². The van der Waals surface area contributed by atoms with E-state index in [1.165, 1.54) is 130 Å². The molecule has 3 heterocycles. The molecule has 0 spiro atoms. The molecule has 0 unspecified atom stereocenters. The fraction of sp³-hybridized carbons (Fsp3) is 0.161. The van der Waals surface area contributed by atoms with Gasteiger partial charge in [-0.15, -0.1) is 0 Å². The highest BCUT2D eigenvalue weighted by Gasteiger charge is 2.13. The van der Waals surface area contributed by atoms with Crippen molar-refractivity contribution in [3.63, 3.8) is 0 Å². The van der Waals surface area contributed by atoms with Gasteiger partial charge >= 0.3 is 0 Å².